The van der Waals surface area contributed by atoms with Crippen molar-refractivity contribution in [2.75, 3.05) is 13.7 Å². The van der Waals surface area contributed by atoms with Crippen LogP contribution in [0.1, 0.15) is 25.5 Å². The van der Waals surface area contributed by atoms with Gasteiger partial charge < -0.3 is 10.1 Å². The molecule has 2 unspecified atom stereocenters. The summed E-state index contributed by atoms with van der Waals surface area (Å²) in [7, 11) is 1.58. The molecule has 1 amide bonds. The first-order valence-corrected chi connectivity index (χ1v) is 10.9. The van der Waals surface area contributed by atoms with E-state index in [1.165, 1.54) is 11.8 Å². The SMILES string of the molecule is COCCn1c(SC(C)C(=O)NC(C)c2ccccc2)nc2cc(Cl)ccc2c1=O. The quantitative estimate of drug-likeness (QED) is 0.418. The second-order valence-electron chi connectivity index (χ2n) is 6.91. The molecular weight excluding hydrogens is 422 g/mol. The summed E-state index contributed by atoms with van der Waals surface area (Å²) in [6, 6.07) is 14.6. The van der Waals surface area contributed by atoms with Crippen LogP contribution in [0.3, 0.4) is 0 Å². The molecule has 1 heterocycles. The predicted octanol–water partition coefficient (Wildman–Crippen LogP) is 4.05. The molecule has 30 heavy (non-hydrogen) atoms. The van der Waals surface area contributed by atoms with Crippen molar-refractivity contribution in [3.05, 3.63) is 69.5 Å². The standard InChI is InChI=1S/C22H24ClN3O3S/c1-14(16-7-5-4-6-8-16)24-20(27)15(2)30-22-25-19-13-17(23)9-10-18(19)21(28)26(22)11-12-29-3/h4-10,13-15H,11-12H2,1-3H3,(H,24,27). The summed E-state index contributed by atoms with van der Waals surface area (Å²) in [5.41, 5.74) is 1.36. The molecule has 1 aromatic heterocycles. The highest BCUT2D eigenvalue weighted by Crippen LogP contribution is 2.24. The zero-order chi connectivity index (χ0) is 21.7. The number of hydrogen-bond donors (Lipinski definition) is 1. The maximum absolute atomic E-state index is 13.0. The van der Waals surface area contributed by atoms with Crippen LogP contribution in [0.5, 0.6) is 0 Å². The van der Waals surface area contributed by atoms with Crippen molar-refractivity contribution in [3.63, 3.8) is 0 Å². The number of carbonyl (C=O) groups is 1. The fourth-order valence-corrected chi connectivity index (χ4v) is 4.12. The number of hydrogen-bond acceptors (Lipinski definition) is 5. The molecule has 3 aromatic rings. The largest absolute Gasteiger partial charge is 0.383 e. The van der Waals surface area contributed by atoms with Crippen LogP contribution in [0.25, 0.3) is 10.9 Å². The summed E-state index contributed by atoms with van der Waals surface area (Å²) in [5.74, 6) is -0.130. The molecule has 0 fully saturated rings. The lowest BCUT2D eigenvalue weighted by molar-refractivity contribution is -0.120. The minimum absolute atomic E-state index is 0.124. The van der Waals surface area contributed by atoms with Crippen molar-refractivity contribution in [3.8, 4) is 0 Å². The van der Waals surface area contributed by atoms with Gasteiger partial charge in [-0.2, -0.15) is 0 Å². The van der Waals surface area contributed by atoms with Crippen LogP contribution in [0.15, 0.2) is 58.5 Å². The first-order chi connectivity index (χ1) is 14.4. The third-order valence-electron chi connectivity index (χ3n) is 4.71. The minimum atomic E-state index is -0.450. The molecule has 0 aliphatic rings. The number of ether oxygens (including phenoxy) is 1. The van der Waals surface area contributed by atoms with Gasteiger partial charge in [0.2, 0.25) is 5.91 Å². The lowest BCUT2D eigenvalue weighted by atomic mass is 10.1. The average molecular weight is 446 g/mol. The molecule has 0 bridgehead atoms. The van der Waals surface area contributed by atoms with Gasteiger partial charge in [-0.25, -0.2) is 4.98 Å². The Labute approximate surface area is 184 Å². The molecule has 0 spiro atoms. The predicted molar refractivity (Wildman–Crippen MR) is 121 cm³/mol. The number of nitrogens with one attached hydrogen (secondary N) is 1. The highest BCUT2D eigenvalue weighted by molar-refractivity contribution is 8.00. The molecule has 0 saturated carbocycles. The number of fused-ring (bicyclic) bond motifs is 1. The van der Waals surface area contributed by atoms with E-state index in [2.05, 4.69) is 10.3 Å². The topological polar surface area (TPSA) is 73.2 Å². The van der Waals surface area contributed by atoms with Gasteiger partial charge in [-0.1, -0.05) is 53.7 Å². The number of thioether (sulfide) groups is 1. The average Bonchev–Trinajstić information content (AvgIpc) is 2.73. The Morgan fingerprint density at radius 1 is 1.23 bits per heavy atom. The van der Waals surface area contributed by atoms with Gasteiger partial charge in [0.15, 0.2) is 5.16 Å². The molecule has 0 saturated heterocycles. The molecule has 1 N–H and O–H groups in total. The molecule has 0 aliphatic carbocycles. The van der Waals surface area contributed by atoms with Crippen molar-refractivity contribution in [1.82, 2.24) is 14.9 Å². The van der Waals surface area contributed by atoms with Crippen LogP contribution in [0.2, 0.25) is 5.02 Å². The van der Waals surface area contributed by atoms with Gasteiger partial charge in [-0.15, -0.1) is 0 Å². The zero-order valence-corrected chi connectivity index (χ0v) is 18.7. The van der Waals surface area contributed by atoms with Crippen LogP contribution in [-0.4, -0.2) is 34.4 Å². The molecule has 158 valence electrons. The third-order valence-corrected chi connectivity index (χ3v) is 6.04. The van der Waals surface area contributed by atoms with Gasteiger partial charge in [0.25, 0.3) is 5.56 Å². The summed E-state index contributed by atoms with van der Waals surface area (Å²) in [4.78, 5) is 30.4. The van der Waals surface area contributed by atoms with Gasteiger partial charge in [-0.3, -0.25) is 14.2 Å². The van der Waals surface area contributed by atoms with E-state index in [1.807, 2.05) is 37.3 Å². The molecule has 0 radical (unpaired) electrons. The maximum Gasteiger partial charge on any atom is 0.262 e. The Hall–Kier alpha value is -2.35. The number of rotatable bonds is 8. The summed E-state index contributed by atoms with van der Waals surface area (Å²) in [6.07, 6.45) is 0. The Kier molecular flexibility index (Phi) is 7.53. The van der Waals surface area contributed by atoms with Crippen molar-refractivity contribution in [2.24, 2.45) is 0 Å². The fourth-order valence-electron chi connectivity index (χ4n) is 3.01. The Morgan fingerprint density at radius 2 is 1.97 bits per heavy atom. The fraction of sp³-hybridized carbons (Fsp3) is 0.318. The molecule has 8 heteroatoms. The normalized spacial score (nSPS) is 13.2. The lowest BCUT2D eigenvalue weighted by Gasteiger charge is -2.19. The monoisotopic (exact) mass is 445 g/mol. The summed E-state index contributed by atoms with van der Waals surface area (Å²) in [5, 5.41) is 4.01. The van der Waals surface area contributed by atoms with E-state index in [1.54, 1.807) is 36.8 Å². The van der Waals surface area contributed by atoms with E-state index in [4.69, 9.17) is 16.3 Å². The molecule has 6 nitrogen and oxygen atoms in total. The Morgan fingerprint density at radius 3 is 2.67 bits per heavy atom. The van der Waals surface area contributed by atoms with Gasteiger partial charge >= 0.3 is 0 Å². The Balaban J connectivity index is 1.85. The van der Waals surface area contributed by atoms with Crippen LogP contribution in [0.4, 0.5) is 0 Å². The van der Waals surface area contributed by atoms with Crippen LogP contribution < -0.4 is 10.9 Å². The van der Waals surface area contributed by atoms with Gasteiger partial charge in [0.1, 0.15) is 0 Å². The molecule has 3 rings (SSSR count). The second-order valence-corrected chi connectivity index (χ2v) is 8.65. The van der Waals surface area contributed by atoms with E-state index in [0.29, 0.717) is 34.2 Å². The van der Waals surface area contributed by atoms with Crippen molar-refractivity contribution in [2.45, 2.75) is 36.8 Å². The number of aromatic nitrogens is 2. The number of nitrogens with zero attached hydrogens (tertiary/aromatic N) is 2. The van der Waals surface area contributed by atoms with E-state index in [-0.39, 0.29) is 17.5 Å². The maximum atomic E-state index is 13.0. The molecular formula is C22H24ClN3O3S. The van der Waals surface area contributed by atoms with Crippen molar-refractivity contribution < 1.29 is 9.53 Å². The van der Waals surface area contributed by atoms with Crippen molar-refractivity contribution in [1.29, 1.82) is 0 Å². The van der Waals surface area contributed by atoms with Gasteiger partial charge in [0.05, 0.1) is 35.3 Å². The lowest BCUT2D eigenvalue weighted by Crippen LogP contribution is -2.34. The summed E-state index contributed by atoms with van der Waals surface area (Å²) in [6.45, 7) is 4.44. The first kappa shape index (κ1) is 22.3. The molecule has 2 aromatic carbocycles. The zero-order valence-electron chi connectivity index (χ0n) is 17.1. The van der Waals surface area contributed by atoms with Gasteiger partial charge in [-0.05, 0) is 37.6 Å². The van der Waals surface area contributed by atoms with E-state index < -0.39 is 5.25 Å². The molecule has 2 atom stereocenters. The summed E-state index contributed by atoms with van der Waals surface area (Å²) >= 11 is 7.32. The van der Waals surface area contributed by atoms with Crippen LogP contribution in [0, 0.1) is 0 Å². The highest BCUT2D eigenvalue weighted by atomic mass is 35.5. The van der Waals surface area contributed by atoms with Crippen molar-refractivity contribution >= 4 is 40.2 Å². The third kappa shape index (κ3) is 5.22. The molecule has 0 aliphatic heterocycles. The number of amides is 1. The van der Waals surface area contributed by atoms with E-state index in [9.17, 15) is 9.59 Å². The minimum Gasteiger partial charge on any atom is -0.383 e. The van der Waals surface area contributed by atoms with Crippen LogP contribution >= 0.6 is 23.4 Å². The number of benzene rings is 2. The first-order valence-electron chi connectivity index (χ1n) is 9.61. The van der Waals surface area contributed by atoms with E-state index in [0.717, 1.165) is 5.56 Å². The number of halogens is 1. The van der Waals surface area contributed by atoms with Gasteiger partial charge in [0, 0.05) is 12.1 Å². The highest BCUT2D eigenvalue weighted by Gasteiger charge is 2.21. The van der Waals surface area contributed by atoms with E-state index >= 15 is 0 Å². The second kappa shape index (κ2) is 10.1. The smallest absolute Gasteiger partial charge is 0.262 e. The Bertz CT molecular complexity index is 1090. The number of carbonyl (C=O) groups excluding carboxylic acids is 1. The summed E-state index contributed by atoms with van der Waals surface area (Å²) < 4.78 is 6.69. The number of methoxy groups -OCH3 is 1. The van der Waals surface area contributed by atoms with Crippen LogP contribution in [-0.2, 0) is 16.1 Å².